The van der Waals surface area contributed by atoms with Gasteiger partial charge in [0.05, 0.1) is 18.5 Å². The highest BCUT2D eigenvalue weighted by Crippen LogP contribution is 2.24. The highest BCUT2D eigenvalue weighted by atomic mass is 16.5. The van der Waals surface area contributed by atoms with E-state index in [1.807, 2.05) is 35.2 Å². The van der Waals surface area contributed by atoms with Crippen LogP contribution in [0.15, 0.2) is 36.5 Å². The third kappa shape index (κ3) is 3.90. The van der Waals surface area contributed by atoms with E-state index in [2.05, 4.69) is 38.1 Å². The van der Waals surface area contributed by atoms with Crippen LogP contribution in [0.1, 0.15) is 38.2 Å². The number of para-hydroxylation sites is 1. The van der Waals surface area contributed by atoms with E-state index >= 15 is 0 Å². The molecule has 0 radical (unpaired) electrons. The minimum absolute atomic E-state index is 0.0701. The first kappa shape index (κ1) is 18.5. The quantitative estimate of drug-likeness (QED) is 0.895. The Morgan fingerprint density at radius 1 is 1.31 bits per heavy atom. The second-order valence-electron chi connectivity index (χ2n) is 7.31. The summed E-state index contributed by atoms with van der Waals surface area (Å²) in [4.78, 5) is 15.1. The van der Waals surface area contributed by atoms with Crippen LogP contribution < -0.4 is 10.1 Å². The molecule has 1 saturated heterocycles. The number of nitrogens with one attached hydrogen (secondary N) is 1. The van der Waals surface area contributed by atoms with Gasteiger partial charge in [0.1, 0.15) is 0 Å². The summed E-state index contributed by atoms with van der Waals surface area (Å²) in [5.41, 5.74) is 1.29. The molecule has 1 aromatic carbocycles. The zero-order valence-corrected chi connectivity index (χ0v) is 16.0. The van der Waals surface area contributed by atoms with Crippen molar-refractivity contribution in [3.63, 3.8) is 0 Å². The SMILES string of the molecule is CC(C)COc1cn(-c2ccccc2)nc1C(=O)N1CCNC(C)C1C. The van der Waals surface area contributed by atoms with Crippen LogP contribution >= 0.6 is 0 Å². The summed E-state index contributed by atoms with van der Waals surface area (Å²) in [5.74, 6) is 0.849. The number of hydrogen-bond acceptors (Lipinski definition) is 4. The molecule has 1 aliphatic rings. The molecule has 140 valence electrons. The molecule has 3 rings (SSSR count). The van der Waals surface area contributed by atoms with E-state index in [1.165, 1.54) is 0 Å². The van der Waals surface area contributed by atoms with E-state index in [-0.39, 0.29) is 18.0 Å². The van der Waals surface area contributed by atoms with Crippen LogP contribution in [-0.4, -0.2) is 52.4 Å². The molecule has 1 N–H and O–H groups in total. The molecular weight excluding hydrogens is 328 g/mol. The fraction of sp³-hybridized carbons (Fsp3) is 0.500. The van der Waals surface area contributed by atoms with Crippen LogP contribution in [0.5, 0.6) is 5.75 Å². The average Bonchev–Trinajstić information content (AvgIpc) is 3.07. The number of hydrogen-bond donors (Lipinski definition) is 1. The zero-order valence-electron chi connectivity index (χ0n) is 16.0. The van der Waals surface area contributed by atoms with Gasteiger partial charge in [0.25, 0.3) is 5.91 Å². The Labute approximate surface area is 155 Å². The van der Waals surface area contributed by atoms with Crippen molar-refractivity contribution in [3.05, 3.63) is 42.2 Å². The number of carbonyl (C=O) groups excluding carboxylic acids is 1. The summed E-state index contributed by atoms with van der Waals surface area (Å²) in [6, 6.07) is 10.1. The largest absolute Gasteiger partial charge is 0.489 e. The predicted molar refractivity (Wildman–Crippen MR) is 102 cm³/mol. The molecule has 6 nitrogen and oxygen atoms in total. The van der Waals surface area contributed by atoms with Crippen molar-refractivity contribution >= 4 is 5.91 Å². The molecule has 1 amide bonds. The highest BCUT2D eigenvalue weighted by Gasteiger charge is 2.32. The highest BCUT2D eigenvalue weighted by molar-refractivity contribution is 5.95. The maximum absolute atomic E-state index is 13.2. The van der Waals surface area contributed by atoms with Gasteiger partial charge in [0.15, 0.2) is 11.4 Å². The van der Waals surface area contributed by atoms with E-state index in [9.17, 15) is 4.79 Å². The van der Waals surface area contributed by atoms with Gasteiger partial charge in [-0.1, -0.05) is 32.0 Å². The lowest BCUT2D eigenvalue weighted by Gasteiger charge is -2.38. The Balaban J connectivity index is 1.93. The second kappa shape index (κ2) is 7.91. The van der Waals surface area contributed by atoms with Gasteiger partial charge in [-0.05, 0) is 31.9 Å². The maximum Gasteiger partial charge on any atom is 0.278 e. The average molecular weight is 356 g/mol. The van der Waals surface area contributed by atoms with Crippen molar-refractivity contribution in [2.45, 2.75) is 39.8 Å². The normalized spacial score (nSPS) is 20.4. The summed E-state index contributed by atoms with van der Waals surface area (Å²) >= 11 is 0. The predicted octanol–water partition coefficient (Wildman–Crippen LogP) is 2.73. The van der Waals surface area contributed by atoms with Gasteiger partial charge in [-0.25, -0.2) is 4.68 Å². The Morgan fingerprint density at radius 3 is 2.73 bits per heavy atom. The Morgan fingerprint density at radius 2 is 2.04 bits per heavy atom. The van der Waals surface area contributed by atoms with Gasteiger partial charge in [-0.2, -0.15) is 5.10 Å². The first-order valence-corrected chi connectivity index (χ1v) is 9.29. The molecule has 1 fully saturated rings. The van der Waals surface area contributed by atoms with Crippen LogP contribution in [0.2, 0.25) is 0 Å². The molecule has 26 heavy (non-hydrogen) atoms. The van der Waals surface area contributed by atoms with Crippen molar-refractivity contribution in [3.8, 4) is 11.4 Å². The standard InChI is InChI=1S/C20H28N4O2/c1-14(2)13-26-18-12-24(17-8-6-5-7-9-17)22-19(18)20(25)23-11-10-21-15(3)16(23)4/h5-9,12,14-16,21H,10-11,13H2,1-4H3. The number of piperazine rings is 1. The molecule has 2 aromatic rings. The molecule has 6 heteroatoms. The molecule has 2 atom stereocenters. The molecule has 0 spiro atoms. The number of amides is 1. The summed E-state index contributed by atoms with van der Waals surface area (Å²) in [6.07, 6.45) is 1.81. The number of benzene rings is 1. The molecule has 2 unspecified atom stereocenters. The zero-order chi connectivity index (χ0) is 18.7. The topological polar surface area (TPSA) is 59.4 Å². The van der Waals surface area contributed by atoms with E-state index in [0.717, 1.165) is 12.2 Å². The molecular formula is C20H28N4O2. The summed E-state index contributed by atoms with van der Waals surface area (Å²) < 4.78 is 7.65. The Bertz CT molecular complexity index is 742. The van der Waals surface area contributed by atoms with Crippen molar-refractivity contribution in [2.75, 3.05) is 19.7 Å². The lowest BCUT2D eigenvalue weighted by Crippen LogP contribution is -2.57. The van der Waals surface area contributed by atoms with E-state index in [1.54, 1.807) is 10.9 Å². The summed E-state index contributed by atoms with van der Waals surface area (Å²) in [5, 5.41) is 7.98. The number of rotatable bonds is 5. The van der Waals surface area contributed by atoms with Crippen LogP contribution in [-0.2, 0) is 0 Å². The number of nitrogens with zero attached hydrogens (tertiary/aromatic N) is 3. The molecule has 0 saturated carbocycles. The fourth-order valence-electron chi connectivity index (χ4n) is 3.06. The fourth-order valence-corrected chi connectivity index (χ4v) is 3.06. The van der Waals surface area contributed by atoms with E-state index < -0.39 is 0 Å². The van der Waals surface area contributed by atoms with Crippen molar-refractivity contribution < 1.29 is 9.53 Å². The molecule has 0 aliphatic carbocycles. The first-order chi connectivity index (χ1) is 12.5. The van der Waals surface area contributed by atoms with Crippen LogP contribution in [0.25, 0.3) is 5.69 Å². The van der Waals surface area contributed by atoms with Crippen molar-refractivity contribution in [2.24, 2.45) is 5.92 Å². The van der Waals surface area contributed by atoms with Crippen molar-refractivity contribution in [1.29, 1.82) is 0 Å². The maximum atomic E-state index is 13.2. The lowest BCUT2D eigenvalue weighted by molar-refractivity contribution is 0.0591. The number of aromatic nitrogens is 2. The smallest absolute Gasteiger partial charge is 0.278 e. The Kier molecular flexibility index (Phi) is 5.61. The van der Waals surface area contributed by atoms with Gasteiger partial charge in [-0.3, -0.25) is 4.79 Å². The Hall–Kier alpha value is -2.34. The van der Waals surface area contributed by atoms with Crippen molar-refractivity contribution in [1.82, 2.24) is 20.0 Å². The van der Waals surface area contributed by atoms with Gasteiger partial charge in [0, 0.05) is 25.2 Å². The van der Waals surface area contributed by atoms with Gasteiger partial charge < -0.3 is 15.0 Å². The molecule has 1 aromatic heterocycles. The first-order valence-electron chi connectivity index (χ1n) is 9.29. The summed E-state index contributed by atoms with van der Waals surface area (Å²) in [7, 11) is 0. The third-order valence-corrected chi connectivity index (χ3v) is 4.77. The number of carbonyl (C=O) groups is 1. The third-order valence-electron chi connectivity index (χ3n) is 4.77. The van der Waals surface area contributed by atoms with E-state index in [0.29, 0.717) is 30.5 Å². The second-order valence-corrected chi connectivity index (χ2v) is 7.31. The van der Waals surface area contributed by atoms with Gasteiger partial charge in [0.2, 0.25) is 0 Å². The minimum Gasteiger partial charge on any atom is -0.489 e. The molecule has 0 bridgehead atoms. The monoisotopic (exact) mass is 356 g/mol. The lowest BCUT2D eigenvalue weighted by atomic mass is 10.1. The number of ether oxygens (including phenoxy) is 1. The molecule has 1 aliphatic heterocycles. The summed E-state index contributed by atoms with van der Waals surface area (Å²) in [6.45, 7) is 10.4. The van der Waals surface area contributed by atoms with Crippen LogP contribution in [0.3, 0.4) is 0 Å². The minimum atomic E-state index is -0.0701. The van der Waals surface area contributed by atoms with Gasteiger partial charge >= 0.3 is 0 Å². The van der Waals surface area contributed by atoms with Crippen LogP contribution in [0.4, 0.5) is 0 Å². The van der Waals surface area contributed by atoms with Gasteiger partial charge in [-0.15, -0.1) is 0 Å². The van der Waals surface area contributed by atoms with Crippen LogP contribution in [0, 0.1) is 5.92 Å². The molecule has 2 heterocycles. The van der Waals surface area contributed by atoms with E-state index in [4.69, 9.17) is 4.74 Å².